The third-order valence-electron chi connectivity index (χ3n) is 3.08. The van der Waals surface area contributed by atoms with Gasteiger partial charge in [0.25, 0.3) is 5.69 Å². The monoisotopic (exact) mass is 331 g/mol. The number of rotatable bonds is 6. The number of Topliss-reactive ketones (excluding diaryl/α,β-unsaturated/α-hetero) is 1. The fraction of sp³-hybridized carbons (Fsp3) is 0.267. The number of aromatic nitrogens is 1. The van der Waals surface area contributed by atoms with Crippen molar-refractivity contribution in [2.45, 2.75) is 19.8 Å². The van der Waals surface area contributed by atoms with Crippen LogP contribution in [0.15, 0.2) is 23.6 Å². The molecule has 1 aromatic heterocycles. The number of aryl methyl sites for hydroxylation is 2. The van der Waals surface area contributed by atoms with Gasteiger partial charge in [0.2, 0.25) is 0 Å². The number of thiazole rings is 1. The van der Waals surface area contributed by atoms with Crippen LogP contribution in [0.1, 0.15) is 22.2 Å². The average molecular weight is 331 g/mol. The van der Waals surface area contributed by atoms with Gasteiger partial charge in [-0.05, 0) is 26.0 Å². The lowest BCUT2D eigenvalue weighted by Crippen LogP contribution is -2.19. The van der Waals surface area contributed by atoms with E-state index in [1.165, 1.54) is 29.5 Å². The lowest BCUT2D eigenvalue weighted by molar-refractivity contribution is -0.385. The van der Waals surface area contributed by atoms with Crippen LogP contribution in [-0.4, -0.2) is 22.3 Å². The molecule has 7 nitrogen and oxygen atoms in total. The standard InChI is InChI=1S/C15H13N3O4S/c1-9-5-11(3-4-13(9)18(20)21)22-7-14(19)12(6-16)15-17-10(2)8-23-15/h3-5,8,12H,7H2,1-2H3. The zero-order valence-electron chi connectivity index (χ0n) is 12.5. The van der Waals surface area contributed by atoms with Crippen LogP contribution in [0.2, 0.25) is 0 Å². The molecule has 1 unspecified atom stereocenters. The highest BCUT2D eigenvalue weighted by Crippen LogP contribution is 2.24. The maximum absolute atomic E-state index is 12.1. The van der Waals surface area contributed by atoms with Gasteiger partial charge in [-0.25, -0.2) is 4.98 Å². The Morgan fingerprint density at radius 2 is 2.26 bits per heavy atom. The summed E-state index contributed by atoms with van der Waals surface area (Å²) in [5, 5.41) is 22.1. The Bertz CT molecular complexity index is 794. The lowest BCUT2D eigenvalue weighted by atomic mass is 10.1. The Kier molecular flexibility index (Phi) is 5.03. The van der Waals surface area contributed by atoms with Gasteiger partial charge in [0.15, 0.2) is 11.7 Å². The fourth-order valence-corrected chi connectivity index (χ4v) is 2.79. The van der Waals surface area contributed by atoms with Gasteiger partial charge in [0, 0.05) is 22.7 Å². The van der Waals surface area contributed by atoms with Crippen molar-refractivity contribution in [2.75, 3.05) is 6.61 Å². The molecule has 0 saturated heterocycles. The van der Waals surface area contributed by atoms with Crippen molar-refractivity contribution >= 4 is 22.8 Å². The number of hydrogen-bond acceptors (Lipinski definition) is 7. The molecular formula is C15H13N3O4S. The van der Waals surface area contributed by atoms with E-state index in [1.807, 2.05) is 6.07 Å². The average Bonchev–Trinajstić information content (AvgIpc) is 2.92. The number of benzene rings is 1. The molecule has 0 aliphatic heterocycles. The van der Waals surface area contributed by atoms with Crippen LogP contribution >= 0.6 is 11.3 Å². The minimum Gasteiger partial charge on any atom is -0.486 e. The van der Waals surface area contributed by atoms with E-state index in [1.54, 1.807) is 19.2 Å². The molecular weight excluding hydrogens is 318 g/mol. The fourth-order valence-electron chi connectivity index (χ4n) is 1.93. The molecule has 2 rings (SSSR count). The Morgan fingerprint density at radius 3 is 2.78 bits per heavy atom. The maximum atomic E-state index is 12.1. The lowest BCUT2D eigenvalue weighted by Gasteiger charge is -2.08. The first-order valence-electron chi connectivity index (χ1n) is 6.64. The molecule has 23 heavy (non-hydrogen) atoms. The highest BCUT2D eigenvalue weighted by molar-refractivity contribution is 7.09. The molecule has 0 amide bonds. The van der Waals surface area contributed by atoms with Crippen LogP contribution in [0.25, 0.3) is 0 Å². The molecule has 2 aromatic rings. The van der Waals surface area contributed by atoms with Gasteiger partial charge in [0.1, 0.15) is 17.4 Å². The van der Waals surface area contributed by atoms with Crippen LogP contribution in [0.3, 0.4) is 0 Å². The number of nitro benzene ring substituents is 1. The van der Waals surface area contributed by atoms with E-state index in [2.05, 4.69) is 4.98 Å². The van der Waals surface area contributed by atoms with Crippen LogP contribution in [-0.2, 0) is 4.79 Å². The number of hydrogen-bond donors (Lipinski definition) is 0. The third kappa shape index (κ3) is 3.90. The molecule has 0 aliphatic rings. The van der Waals surface area contributed by atoms with E-state index in [0.717, 1.165) is 5.69 Å². The summed E-state index contributed by atoms with van der Waals surface area (Å²) in [5.41, 5.74) is 1.18. The number of nitro groups is 1. The second-order valence-electron chi connectivity index (χ2n) is 4.85. The molecule has 0 radical (unpaired) electrons. The summed E-state index contributed by atoms with van der Waals surface area (Å²) in [5.74, 6) is -1.03. The molecule has 0 saturated carbocycles. The van der Waals surface area contributed by atoms with Gasteiger partial charge in [-0.15, -0.1) is 11.3 Å². The van der Waals surface area contributed by atoms with Crippen molar-refractivity contribution in [1.82, 2.24) is 4.98 Å². The van der Waals surface area contributed by atoms with Gasteiger partial charge in [0.05, 0.1) is 11.0 Å². The molecule has 0 spiro atoms. The molecule has 8 heteroatoms. The first-order chi connectivity index (χ1) is 10.9. The highest BCUT2D eigenvalue weighted by atomic mass is 32.1. The molecule has 0 fully saturated rings. The number of nitrogens with zero attached hydrogens (tertiary/aromatic N) is 3. The molecule has 1 heterocycles. The maximum Gasteiger partial charge on any atom is 0.272 e. The van der Waals surface area contributed by atoms with E-state index in [9.17, 15) is 14.9 Å². The van der Waals surface area contributed by atoms with Crippen LogP contribution < -0.4 is 4.74 Å². The normalized spacial score (nSPS) is 11.5. The quantitative estimate of drug-likeness (QED) is 0.595. The van der Waals surface area contributed by atoms with Crippen molar-refractivity contribution in [2.24, 2.45) is 0 Å². The second-order valence-corrected chi connectivity index (χ2v) is 5.74. The third-order valence-corrected chi connectivity index (χ3v) is 4.11. The number of nitriles is 1. The first kappa shape index (κ1) is 16.6. The summed E-state index contributed by atoms with van der Waals surface area (Å²) in [6, 6.07) is 6.16. The summed E-state index contributed by atoms with van der Waals surface area (Å²) in [7, 11) is 0. The van der Waals surface area contributed by atoms with Crippen molar-refractivity contribution in [3.05, 3.63) is 50.0 Å². The number of carbonyl (C=O) groups excluding carboxylic acids is 1. The molecule has 0 bridgehead atoms. The van der Waals surface area contributed by atoms with Crippen molar-refractivity contribution in [3.8, 4) is 11.8 Å². The minimum atomic E-state index is -0.965. The van der Waals surface area contributed by atoms with Gasteiger partial charge < -0.3 is 4.74 Å². The molecule has 0 N–H and O–H groups in total. The van der Waals surface area contributed by atoms with E-state index in [0.29, 0.717) is 16.3 Å². The predicted molar refractivity (Wildman–Crippen MR) is 83.5 cm³/mol. The van der Waals surface area contributed by atoms with E-state index in [-0.39, 0.29) is 12.3 Å². The number of ketones is 1. The van der Waals surface area contributed by atoms with Gasteiger partial charge in [-0.2, -0.15) is 5.26 Å². The zero-order chi connectivity index (χ0) is 17.0. The molecule has 0 aliphatic carbocycles. The van der Waals surface area contributed by atoms with E-state index < -0.39 is 16.6 Å². The summed E-state index contributed by atoms with van der Waals surface area (Å²) in [6.45, 7) is 3.08. The van der Waals surface area contributed by atoms with Crippen molar-refractivity contribution in [1.29, 1.82) is 5.26 Å². The van der Waals surface area contributed by atoms with Crippen molar-refractivity contribution in [3.63, 3.8) is 0 Å². The summed E-state index contributed by atoms with van der Waals surface area (Å²) < 4.78 is 5.35. The Labute approximate surface area is 136 Å². The smallest absolute Gasteiger partial charge is 0.272 e. The predicted octanol–water partition coefficient (Wildman–Crippen LogP) is 2.92. The van der Waals surface area contributed by atoms with Gasteiger partial charge >= 0.3 is 0 Å². The Hall–Kier alpha value is -2.79. The Morgan fingerprint density at radius 1 is 1.52 bits per heavy atom. The first-order valence-corrected chi connectivity index (χ1v) is 7.52. The van der Waals surface area contributed by atoms with E-state index >= 15 is 0 Å². The minimum absolute atomic E-state index is 0.0168. The van der Waals surface area contributed by atoms with E-state index in [4.69, 9.17) is 10.00 Å². The van der Waals surface area contributed by atoms with Gasteiger partial charge in [-0.3, -0.25) is 14.9 Å². The molecule has 1 aromatic carbocycles. The largest absolute Gasteiger partial charge is 0.486 e. The SMILES string of the molecule is Cc1csc(C(C#N)C(=O)COc2ccc([N+](=O)[O-])c(C)c2)n1. The number of carbonyl (C=O) groups is 1. The van der Waals surface area contributed by atoms with Crippen molar-refractivity contribution < 1.29 is 14.5 Å². The zero-order valence-corrected chi connectivity index (χ0v) is 13.3. The molecule has 1 atom stereocenters. The topological polar surface area (TPSA) is 106 Å². The second kappa shape index (κ2) is 6.98. The summed E-state index contributed by atoms with van der Waals surface area (Å²) >= 11 is 1.25. The molecule has 118 valence electrons. The summed E-state index contributed by atoms with van der Waals surface area (Å²) in [6.07, 6.45) is 0. The van der Waals surface area contributed by atoms with Gasteiger partial charge in [-0.1, -0.05) is 0 Å². The van der Waals surface area contributed by atoms with Crippen LogP contribution in [0.4, 0.5) is 5.69 Å². The van der Waals surface area contributed by atoms with Crippen LogP contribution in [0, 0.1) is 35.3 Å². The number of ether oxygens (including phenoxy) is 1. The summed E-state index contributed by atoms with van der Waals surface area (Å²) in [4.78, 5) is 26.5. The highest BCUT2D eigenvalue weighted by Gasteiger charge is 2.24. The van der Waals surface area contributed by atoms with Crippen LogP contribution in [0.5, 0.6) is 5.75 Å². The Balaban J connectivity index is 2.05.